The van der Waals surface area contributed by atoms with Crippen LogP contribution in [0.1, 0.15) is 23.6 Å². The average Bonchev–Trinajstić information content (AvgIpc) is 2.55. The number of rotatable bonds is 4. The lowest BCUT2D eigenvalue weighted by Gasteiger charge is -2.10. The van der Waals surface area contributed by atoms with Gasteiger partial charge in [-0.1, -0.05) is 42.2 Å². The maximum Gasteiger partial charge on any atom is 0.323 e. The fourth-order valence-corrected chi connectivity index (χ4v) is 1.98. The smallest absolute Gasteiger partial charge is 0.323 e. The average molecular weight is 293 g/mol. The van der Waals surface area contributed by atoms with E-state index in [0.29, 0.717) is 13.0 Å². The molecule has 0 aliphatic heterocycles. The fraction of sp³-hybridized carbons (Fsp3) is 0.211. The molecule has 2 N–H and O–H groups in total. The van der Waals surface area contributed by atoms with E-state index in [4.69, 9.17) is 10.5 Å². The third kappa shape index (κ3) is 4.76. The van der Waals surface area contributed by atoms with Crippen molar-refractivity contribution in [2.24, 2.45) is 5.73 Å². The predicted octanol–water partition coefficient (Wildman–Crippen LogP) is 2.52. The maximum atomic E-state index is 11.5. The third-order valence-corrected chi connectivity index (χ3v) is 3.12. The van der Waals surface area contributed by atoms with Crippen LogP contribution in [0.4, 0.5) is 0 Å². The van der Waals surface area contributed by atoms with Gasteiger partial charge >= 0.3 is 5.97 Å². The monoisotopic (exact) mass is 293 g/mol. The minimum atomic E-state index is -0.624. The normalized spacial score (nSPS) is 11.2. The maximum absolute atomic E-state index is 11.5. The lowest BCUT2D eigenvalue weighted by atomic mass is 10.0. The Labute approximate surface area is 131 Å². The van der Waals surface area contributed by atoms with E-state index in [1.807, 2.05) is 54.6 Å². The minimum absolute atomic E-state index is 0.348. The molecule has 0 heterocycles. The molecule has 22 heavy (non-hydrogen) atoms. The highest BCUT2D eigenvalue weighted by atomic mass is 16.5. The molecular formula is C19H19NO2. The van der Waals surface area contributed by atoms with E-state index < -0.39 is 6.04 Å². The number of hydrogen-bond acceptors (Lipinski definition) is 3. The van der Waals surface area contributed by atoms with Gasteiger partial charge in [-0.15, -0.1) is 0 Å². The summed E-state index contributed by atoms with van der Waals surface area (Å²) in [6.45, 7) is 2.12. The van der Waals surface area contributed by atoms with Crippen molar-refractivity contribution in [3.8, 4) is 11.8 Å². The SMILES string of the molecule is CCOC(=O)C(N)Cc1ccc(C#Cc2ccccc2)cc1. The quantitative estimate of drug-likeness (QED) is 0.696. The second-order valence-corrected chi connectivity index (χ2v) is 4.88. The van der Waals surface area contributed by atoms with Crippen LogP contribution < -0.4 is 5.73 Å². The highest BCUT2D eigenvalue weighted by Gasteiger charge is 2.14. The van der Waals surface area contributed by atoms with Gasteiger partial charge < -0.3 is 10.5 Å². The molecule has 0 aliphatic rings. The molecule has 0 saturated carbocycles. The van der Waals surface area contributed by atoms with Gasteiger partial charge in [-0.25, -0.2) is 0 Å². The van der Waals surface area contributed by atoms with Gasteiger partial charge in [-0.3, -0.25) is 4.79 Å². The first-order chi connectivity index (χ1) is 10.7. The second kappa shape index (κ2) is 8.02. The van der Waals surface area contributed by atoms with Crippen molar-refractivity contribution in [1.82, 2.24) is 0 Å². The van der Waals surface area contributed by atoms with E-state index in [1.54, 1.807) is 6.92 Å². The molecule has 2 rings (SSSR count). The molecule has 0 fully saturated rings. The standard InChI is InChI=1S/C19H19NO2/c1-2-22-19(21)18(20)14-17-12-10-16(11-13-17)9-8-15-6-4-3-5-7-15/h3-7,10-13,18H,2,14,20H2,1H3. The highest BCUT2D eigenvalue weighted by Crippen LogP contribution is 2.07. The van der Waals surface area contributed by atoms with Crippen LogP contribution >= 0.6 is 0 Å². The molecule has 0 aliphatic carbocycles. The Morgan fingerprint density at radius 3 is 2.23 bits per heavy atom. The zero-order valence-corrected chi connectivity index (χ0v) is 12.6. The zero-order valence-electron chi connectivity index (χ0n) is 12.6. The molecule has 1 atom stereocenters. The zero-order chi connectivity index (χ0) is 15.8. The van der Waals surface area contributed by atoms with Crippen LogP contribution in [0.2, 0.25) is 0 Å². The molecule has 0 radical (unpaired) electrons. The van der Waals surface area contributed by atoms with Crippen LogP contribution in [-0.2, 0) is 16.0 Å². The number of esters is 1. The molecule has 0 aromatic heterocycles. The van der Waals surface area contributed by atoms with E-state index in [-0.39, 0.29) is 5.97 Å². The van der Waals surface area contributed by atoms with Crippen LogP contribution in [0.25, 0.3) is 0 Å². The van der Waals surface area contributed by atoms with E-state index in [1.165, 1.54) is 0 Å². The van der Waals surface area contributed by atoms with Crippen molar-refractivity contribution in [3.63, 3.8) is 0 Å². The van der Waals surface area contributed by atoms with Crippen molar-refractivity contribution in [3.05, 3.63) is 71.3 Å². The van der Waals surface area contributed by atoms with Crippen molar-refractivity contribution in [1.29, 1.82) is 0 Å². The largest absolute Gasteiger partial charge is 0.465 e. The summed E-state index contributed by atoms with van der Waals surface area (Å²) in [5.41, 5.74) is 8.71. The fourth-order valence-electron chi connectivity index (χ4n) is 1.98. The van der Waals surface area contributed by atoms with Crippen molar-refractivity contribution in [2.45, 2.75) is 19.4 Å². The highest BCUT2D eigenvalue weighted by molar-refractivity contribution is 5.75. The van der Waals surface area contributed by atoms with E-state index in [0.717, 1.165) is 16.7 Å². The van der Waals surface area contributed by atoms with Crippen molar-refractivity contribution < 1.29 is 9.53 Å². The van der Waals surface area contributed by atoms with Crippen LogP contribution in [0, 0.1) is 11.8 Å². The number of carbonyl (C=O) groups excluding carboxylic acids is 1. The number of hydrogen-bond donors (Lipinski definition) is 1. The minimum Gasteiger partial charge on any atom is -0.465 e. The topological polar surface area (TPSA) is 52.3 Å². The molecule has 3 heteroatoms. The lowest BCUT2D eigenvalue weighted by molar-refractivity contribution is -0.144. The van der Waals surface area contributed by atoms with Gasteiger partial charge in [0, 0.05) is 11.1 Å². The number of nitrogens with two attached hydrogens (primary N) is 1. The first-order valence-corrected chi connectivity index (χ1v) is 7.27. The first-order valence-electron chi connectivity index (χ1n) is 7.27. The van der Waals surface area contributed by atoms with E-state index in [2.05, 4.69) is 11.8 Å². The Morgan fingerprint density at radius 1 is 1.05 bits per heavy atom. The van der Waals surface area contributed by atoms with Gasteiger partial charge in [0.25, 0.3) is 0 Å². The van der Waals surface area contributed by atoms with Gasteiger partial charge in [0.15, 0.2) is 0 Å². The van der Waals surface area contributed by atoms with E-state index >= 15 is 0 Å². The summed E-state index contributed by atoms with van der Waals surface area (Å²) in [4.78, 5) is 11.5. The van der Waals surface area contributed by atoms with E-state index in [9.17, 15) is 4.79 Å². The van der Waals surface area contributed by atoms with Crippen LogP contribution in [0.3, 0.4) is 0 Å². The molecule has 2 aromatic rings. The molecule has 0 bridgehead atoms. The van der Waals surface area contributed by atoms with Gasteiger partial charge in [-0.05, 0) is 43.2 Å². The van der Waals surface area contributed by atoms with Crippen molar-refractivity contribution in [2.75, 3.05) is 6.61 Å². The van der Waals surface area contributed by atoms with Crippen LogP contribution in [0.15, 0.2) is 54.6 Å². The van der Waals surface area contributed by atoms with Gasteiger partial charge in [0.1, 0.15) is 6.04 Å². The molecule has 1 unspecified atom stereocenters. The second-order valence-electron chi connectivity index (χ2n) is 4.88. The Bertz CT molecular complexity index is 666. The third-order valence-electron chi connectivity index (χ3n) is 3.12. The summed E-state index contributed by atoms with van der Waals surface area (Å²) in [6.07, 6.45) is 0.464. The summed E-state index contributed by atoms with van der Waals surface area (Å²) in [5.74, 6) is 5.85. The number of carbonyl (C=O) groups is 1. The molecule has 112 valence electrons. The molecular weight excluding hydrogens is 274 g/mol. The Hall–Kier alpha value is -2.57. The Kier molecular flexibility index (Phi) is 5.76. The van der Waals surface area contributed by atoms with Gasteiger partial charge in [-0.2, -0.15) is 0 Å². The summed E-state index contributed by atoms with van der Waals surface area (Å²) in [7, 11) is 0. The van der Waals surface area contributed by atoms with Crippen LogP contribution in [0.5, 0.6) is 0 Å². The summed E-state index contributed by atoms with van der Waals surface area (Å²) < 4.78 is 4.90. The predicted molar refractivity (Wildman–Crippen MR) is 87.2 cm³/mol. The molecule has 0 spiro atoms. The Balaban J connectivity index is 1.99. The Morgan fingerprint density at radius 2 is 1.64 bits per heavy atom. The van der Waals surface area contributed by atoms with Crippen molar-refractivity contribution >= 4 is 5.97 Å². The molecule has 3 nitrogen and oxygen atoms in total. The first kappa shape index (κ1) is 15.8. The summed E-state index contributed by atoms with van der Waals surface area (Å²) in [6, 6.07) is 17.0. The van der Waals surface area contributed by atoms with Crippen LogP contribution in [-0.4, -0.2) is 18.6 Å². The number of ether oxygens (including phenoxy) is 1. The van der Waals surface area contributed by atoms with Gasteiger partial charge in [0.05, 0.1) is 6.61 Å². The molecule has 0 amide bonds. The van der Waals surface area contributed by atoms with Gasteiger partial charge in [0.2, 0.25) is 0 Å². The summed E-state index contributed by atoms with van der Waals surface area (Å²) in [5, 5.41) is 0. The summed E-state index contributed by atoms with van der Waals surface area (Å²) >= 11 is 0. The lowest BCUT2D eigenvalue weighted by Crippen LogP contribution is -2.34. The molecule has 0 saturated heterocycles. The number of benzene rings is 2. The molecule has 2 aromatic carbocycles.